The predicted molar refractivity (Wildman–Crippen MR) is 57.1 cm³/mol. The molecule has 1 aromatic heterocycles. The zero-order valence-electron chi connectivity index (χ0n) is 8.14. The highest BCUT2D eigenvalue weighted by Crippen LogP contribution is 2.32. The molecular formula is C10H10FN3S. The molecule has 0 spiro atoms. The lowest BCUT2D eigenvalue weighted by Crippen LogP contribution is -1.90. The van der Waals surface area contributed by atoms with E-state index in [1.165, 1.54) is 30.2 Å². The van der Waals surface area contributed by atoms with Gasteiger partial charge in [0, 0.05) is 5.25 Å². The topological polar surface area (TPSA) is 41.6 Å². The first kappa shape index (κ1) is 10.2. The Kier molecular flexibility index (Phi) is 3.01. The normalized spacial score (nSPS) is 12.7. The Bertz CT molecular complexity index is 430. The maximum absolute atomic E-state index is 13.0. The molecule has 1 aromatic carbocycles. The Morgan fingerprint density at radius 1 is 1.47 bits per heavy atom. The van der Waals surface area contributed by atoms with Gasteiger partial charge in [-0.3, -0.25) is 5.10 Å². The van der Waals surface area contributed by atoms with Crippen molar-refractivity contribution >= 4 is 11.8 Å². The van der Waals surface area contributed by atoms with Gasteiger partial charge in [-0.1, -0.05) is 23.9 Å². The zero-order valence-corrected chi connectivity index (χ0v) is 8.96. The van der Waals surface area contributed by atoms with E-state index in [-0.39, 0.29) is 11.1 Å². The molecule has 5 heteroatoms. The average Bonchev–Trinajstić information content (AvgIpc) is 2.70. The number of nitrogens with zero attached hydrogens (tertiary/aromatic N) is 2. The molecular weight excluding hydrogens is 213 g/mol. The number of benzene rings is 1. The Morgan fingerprint density at radius 3 is 3.00 bits per heavy atom. The van der Waals surface area contributed by atoms with Crippen LogP contribution in [0.5, 0.6) is 0 Å². The minimum Gasteiger partial charge on any atom is -0.254 e. The highest BCUT2D eigenvalue weighted by atomic mass is 32.2. The third kappa shape index (κ3) is 2.56. The Morgan fingerprint density at radius 2 is 2.33 bits per heavy atom. The maximum atomic E-state index is 13.0. The second kappa shape index (κ2) is 4.44. The molecule has 1 unspecified atom stereocenters. The summed E-state index contributed by atoms with van der Waals surface area (Å²) in [5, 5.41) is 7.41. The second-order valence-electron chi connectivity index (χ2n) is 3.11. The van der Waals surface area contributed by atoms with E-state index < -0.39 is 0 Å². The molecule has 0 aliphatic heterocycles. The van der Waals surface area contributed by atoms with Crippen LogP contribution in [0.4, 0.5) is 4.39 Å². The van der Waals surface area contributed by atoms with Crippen LogP contribution in [-0.2, 0) is 0 Å². The van der Waals surface area contributed by atoms with Gasteiger partial charge in [-0.25, -0.2) is 9.37 Å². The maximum Gasteiger partial charge on any atom is 0.183 e. The summed E-state index contributed by atoms with van der Waals surface area (Å²) in [6.45, 7) is 2.00. The highest BCUT2D eigenvalue weighted by Gasteiger charge is 2.09. The molecule has 0 fully saturated rings. The van der Waals surface area contributed by atoms with E-state index in [0.29, 0.717) is 0 Å². The molecule has 2 aromatic rings. The molecule has 0 radical (unpaired) electrons. The molecule has 1 atom stereocenters. The molecule has 1 heterocycles. The van der Waals surface area contributed by atoms with Crippen molar-refractivity contribution in [1.82, 2.24) is 15.2 Å². The summed E-state index contributed by atoms with van der Waals surface area (Å²) >= 11 is 1.52. The van der Waals surface area contributed by atoms with Crippen LogP contribution in [0.25, 0.3) is 0 Å². The van der Waals surface area contributed by atoms with Crippen LogP contribution in [-0.4, -0.2) is 15.2 Å². The highest BCUT2D eigenvalue weighted by molar-refractivity contribution is 7.99. The minimum atomic E-state index is -0.211. The Balaban J connectivity index is 2.11. The van der Waals surface area contributed by atoms with Gasteiger partial charge in [0.15, 0.2) is 5.16 Å². The average molecular weight is 223 g/mol. The summed E-state index contributed by atoms with van der Waals surface area (Å²) in [5.74, 6) is -0.211. The fraction of sp³-hybridized carbons (Fsp3) is 0.200. The summed E-state index contributed by atoms with van der Waals surface area (Å²) in [6, 6.07) is 6.59. The van der Waals surface area contributed by atoms with Crippen LogP contribution >= 0.6 is 11.8 Å². The fourth-order valence-electron chi connectivity index (χ4n) is 1.25. The van der Waals surface area contributed by atoms with E-state index in [9.17, 15) is 4.39 Å². The zero-order chi connectivity index (χ0) is 10.7. The van der Waals surface area contributed by atoms with E-state index in [1.807, 2.05) is 13.0 Å². The van der Waals surface area contributed by atoms with Crippen molar-refractivity contribution in [2.24, 2.45) is 0 Å². The van der Waals surface area contributed by atoms with Crippen molar-refractivity contribution in [2.45, 2.75) is 17.3 Å². The molecule has 1 N–H and O–H groups in total. The number of aromatic nitrogens is 3. The van der Waals surface area contributed by atoms with Crippen molar-refractivity contribution in [3.8, 4) is 0 Å². The number of halogens is 1. The standard InChI is InChI=1S/C10H10FN3S/c1-7(15-10-12-6-13-14-10)8-3-2-4-9(11)5-8/h2-7H,1H3,(H,12,13,14). The lowest BCUT2D eigenvalue weighted by molar-refractivity contribution is 0.625. The number of hydrogen-bond acceptors (Lipinski definition) is 3. The molecule has 0 saturated heterocycles. The molecule has 78 valence electrons. The van der Waals surface area contributed by atoms with Gasteiger partial charge in [-0.15, -0.1) is 0 Å². The number of aromatic amines is 1. The lowest BCUT2D eigenvalue weighted by atomic mass is 10.2. The fourth-order valence-corrected chi connectivity index (χ4v) is 2.08. The van der Waals surface area contributed by atoms with Crippen LogP contribution in [0.2, 0.25) is 0 Å². The van der Waals surface area contributed by atoms with Crippen LogP contribution < -0.4 is 0 Å². The number of nitrogens with one attached hydrogen (secondary N) is 1. The summed E-state index contributed by atoms with van der Waals surface area (Å²) in [6.07, 6.45) is 1.46. The van der Waals surface area contributed by atoms with E-state index >= 15 is 0 Å². The van der Waals surface area contributed by atoms with Gasteiger partial charge in [-0.2, -0.15) is 5.10 Å². The summed E-state index contributed by atoms with van der Waals surface area (Å²) in [5.41, 5.74) is 0.941. The van der Waals surface area contributed by atoms with Gasteiger partial charge in [0.1, 0.15) is 12.1 Å². The van der Waals surface area contributed by atoms with Crippen molar-refractivity contribution in [1.29, 1.82) is 0 Å². The van der Waals surface area contributed by atoms with Crippen molar-refractivity contribution in [3.05, 3.63) is 42.0 Å². The first-order chi connectivity index (χ1) is 7.25. The molecule has 15 heavy (non-hydrogen) atoms. The van der Waals surface area contributed by atoms with E-state index in [4.69, 9.17) is 0 Å². The Hall–Kier alpha value is -1.36. The second-order valence-corrected chi connectivity index (χ2v) is 4.44. The summed E-state index contributed by atoms with van der Waals surface area (Å²) in [7, 11) is 0. The van der Waals surface area contributed by atoms with E-state index in [0.717, 1.165) is 10.7 Å². The molecule has 0 bridgehead atoms. The van der Waals surface area contributed by atoms with Crippen molar-refractivity contribution in [2.75, 3.05) is 0 Å². The van der Waals surface area contributed by atoms with Gasteiger partial charge in [0.25, 0.3) is 0 Å². The largest absolute Gasteiger partial charge is 0.254 e. The molecule has 2 rings (SSSR count). The lowest BCUT2D eigenvalue weighted by Gasteiger charge is -2.08. The number of hydrogen-bond donors (Lipinski definition) is 1. The van der Waals surface area contributed by atoms with Crippen molar-refractivity contribution < 1.29 is 4.39 Å². The third-order valence-electron chi connectivity index (χ3n) is 2.00. The minimum absolute atomic E-state index is 0.147. The van der Waals surface area contributed by atoms with Crippen LogP contribution in [0.3, 0.4) is 0 Å². The van der Waals surface area contributed by atoms with Crippen LogP contribution in [0.15, 0.2) is 35.7 Å². The third-order valence-corrected chi connectivity index (χ3v) is 3.05. The van der Waals surface area contributed by atoms with Gasteiger partial charge >= 0.3 is 0 Å². The number of H-pyrrole nitrogens is 1. The van der Waals surface area contributed by atoms with Crippen LogP contribution in [0, 0.1) is 5.82 Å². The quantitative estimate of drug-likeness (QED) is 0.813. The first-order valence-corrected chi connectivity index (χ1v) is 5.41. The predicted octanol–water partition coefficient (Wildman–Crippen LogP) is 2.80. The van der Waals surface area contributed by atoms with E-state index in [2.05, 4.69) is 15.2 Å². The Labute approximate surface area is 91.1 Å². The molecule has 3 nitrogen and oxygen atoms in total. The molecule has 0 aliphatic rings. The smallest absolute Gasteiger partial charge is 0.183 e. The first-order valence-electron chi connectivity index (χ1n) is 4.53. The van der Waals surface area contributed by atoms with E-state index in [1.54, 1.807) is 6.07 Å². The monoisotopic (exact) mass is 223 g/mol. The molecule has 0 aliphatic carbocycles. The molecule has 0 amide bonds. The summed E-state index contributed by atoms with van der Waals surface area (Å²) < 4.78 is 13.0. The SMILES string of the molecule is CC(Sc1ncn[nH]1)c1cccc(F)c1. The summed E-state index contributed by atoms with van der Waals surface area (Å²) in [4.78, 5) is 4.01. The van der Waals surface area contributed by atoms with Gasteiger partial charge in [0.05, 0.1) is 0 Å². The number of rotatable bonds is 3. The number of thioether (sulfide) groups is 1. The molecule has 0 saturated carbocycles. The van der Waals surface area contributed by atoms with Gasteiger partial charge in [-0.05, 0) is 24.6 Å². The van der Waals surface area contributed by atoms with Gasteiger partial charge in [0.2, 0.25) is 0 Å². The van der Waals surface area contributed by atoms with Crippen LogP contribution in [0.1, 0.15) is 17.7 Å². The van der Waals surface area contributed by atoms with Crippen molar-refractivity contribution in [3.63, 3.8) is 0 Å². The van der Waals surface area contributed by atoms with Gasteiger partial charge < -0.3 is 0 Å².